The Morgan fingerprint density at radius 3 is 2.52 bits per heavy atom. The number of halogens is 3. The maximum Gasteiger partial charge on any atom is 0.161 e. The topological polar surface area (TPSA) is 25.8 Å². The Balaban J connectivity index is 2.30. The maximum atomic E-state index is 6.28. The van der Waals surface area contributed by atoms with E-state index in [4.69, 9.17) is 34.8 Å². The number of nitrogens with zero attached hydrogens (tertiary/aromatic N) is 2. The molecule has 21 heavy (non-hydrogen) atoms. The lowest BCUT2D eigenvalue weighted by Gasteiger charge is -2.09. The van der Waals surface area contributed by atoms with Crippen LogP contribution in [0.5, 0.6) is 0 Å². The molecule has 0 amide bonds. The smallest absolute Gasteiger partial charge is 0.161 e. The summed E-state index contributed by atoms with van der Waals surface area (Å²) in [5.41, 5.74) is 2.75. The van der Waals surface area contributed by atoms with Gasteiger partial charge in [-0.15, -0.1) is 0 Å². The van der Waals surface area contributed by atoms with E-state index in [0.717, 1.165) is 17.5 Å². The van der Waals surface area contributed by atoms with Crippen LogP contribution in [0.25, 0.3) is 22.3 Å². The van der Waals surface area contributed by atoms with E-state index in [-0.39, 0.29) is 0 Å². The minimum absolute atomic E-state index is 0.352. The van der Waals surface area contributed by atoms with E-state index in [1.807, 2.05) is 18.2 Å². The van der Waals surface area contributed by atoms with Crippen LogP contribution in [0.4, 0.5) is 0 Å². The zero-order chi connectivity index (χ0) is 15.0. The first kappa shape index (κ1) is 14.6. The standard InChI is InChI=1S/C16H11Cl3N2/c1-2-9-5-3-4-6-11(9)16-20-14-12(15(19)21-16)7-10(17)8-13(14)18/h3-8H,2H2,1H3. The number of aryl methyl sites for hydroxylation is 1. The maximum absolute atomic E-state index is 6.28. The number of hydrogen-bond acceptors (Lipinski definition) is 2. The molecule has 0 saturated carbocycles. The van der Waals surface area contributed by atoms with Crippen molar-refractivity contribution in [3.05, 3.63) is 57.2 Å². The van der Waals surface area contributed by atoms with Crippen LogP contribution in [0.15, 0.2) is 36.4 Å². The van der Waals surface area contributed by atoms with Crippen LogP contribution in [-0.4, -0.2) is 9.97 Å². The van der Waals surface area contributed by atoms with Crippen molar-refractivity contribution in [2.75, 3.05) is 0 Å². The molecule has 1 heterocycles. The van der Waals surface area contributed by atoms with Crippen LogP contribution in [0.2, 0.25) is 15.2 Å². The molecule has 0 aliphatic heterocycles. The average Bonchev–Trinajstić information content (AvgIpc) is 2.48. The molecule has 3 rings (SSSR count). The van der Waals surface area contributed by atoms with Gasteiger partial charge < -0.3 is 0 Å². The van der Waals surface area contributed by atoms with E-state index < -0.39 is 0 Å². The van der Waals surface area contributed by atoms with E-state index >= 15 is 0 Å². The SMILES string of the molecule is CCc1ccccc1-c1nc(Cl)c2cc(Cl)cc(Cl)c2n1. The number of rotatable bonds is 2. The molecule has 0 aliphatic carbocycles. The monoisotopic (exact) mass is 336 g/mol. The Kier molecular flexibility index (Phi) is 4.03. The van der Waals surface area contributed by atoms with Gasteiger partial charge >= 0.3 is 0 Å². The molecule has 0 bridgehead atoms. The van der Waals surface area contributed by atoms with Gasteiger partial charge in [-0.2, -0.15) is 0 Å². The third-order valence-corrected chi connectivity index (χ3v) is 4.11. The van der Waals surface area contributed by atoms with Crippen LogP contribution < -0.4 is 0 Å². The molecule has 0 saturated heterocycles. The molecule has 2 aromatic carbocycles. The van der Waals surface area contributed by atoms with E-state index in [1.54, 1.807) is 12.1 Å². The summed E-state index contributed by atoms with van der Waals surface area (Å²) in [4.78, 5) is 8.97. The molecule has 5 heteroatoms. The fraction of sp³-hybridized carbons (Fsp3) is 0.125. The summed E-state index contributed by atoms with van der Waals surface area (Å²) in [6.45, 7) is 2.09. The molecule has 1 aromatic heterocycles. The second-order valence-corrected chi connectivity index (χ2v) is 5.83. The Hall–Kier alpha value is -1.35. The average molecular weight is 338 g/mol. The molecular formula is C16H11Cl3N2. The van der Waals surface area contributed by atoms with Gasteiger partial charge in [0.1, 0.15) is 5.15 Å². The minimum atomic E-state index is 0.352. The molecule has 0 spiro atoms. The Morgan fingerprint density at radius 1 is 1.00 bits per heavy atom. The Morgan fingerprint density at radius 2 is 1.76 bits per heavy atom. The van der Waals surface area contributed by atoms with Crippen LogP contribution in [0.1, 0.15) is 12.5 Å². The highest BCUT2D eigenvalue weighted by molar-refractivity contribution is 6.41. The quantitative estimate of drug-likeness (QED) is 0.551. The van der Waals surface area contributed by atoms with Crippen molar-refractivity contribution < 1.29 is 0 Å². The summed E-state index contributed by atoms with van der Waals surface area (Å²) in [5, 5.41) is 1.99. The van der Waals surface area contributed by atoms with Crippen LogP contribution in [0.3, 0.4) is 0 Å². The molecule has 0 atom stereocenters. The second-order valence-electron chi connectivity index (χ2n) is 4.63. The summed E-state index contributed by atoms with van der Waals surface area (Å²) in [5.74, 6) is 0.578. The zero-order valence-electron chi connectivity index (χ0n) is 11.2. The molecule has 0 unspecified atom stereocenters. The predicted molar refractivity (Wildman–Crippen MR) is 89.4 cm³/mol. The summed E-state index contributed by atoms with van der Waals surface area (Å²) < 4.78 is 0. The van der Waals surface area contributed by atoms with E-state index in [1.165, 1.54) is 0 Å². The first-order valence-electron chi connectivity index (χ1n) is 6.50. The highest BCUT2D eigenvalue weighted by Crippen LogP contribution is 2.32. The summed E-state index contributed by atoms with van der Waals surface area (Å²) in [6, 6.07) is 11.4. The number of aromatic nitrogens is 2. The lowest BCUT2D eigenvalue weighted by atomic mass is 10.0. The Labute approximate surface area is 137 Å². The molecule has 106 valence electrons. The molecule has 0 aliphatic rings. The first-order valence-corrected chi connectivity index (χ1v) is 7.64. The van der Waals surface area contributed by atoms with Gasteiger partial charge in [-0.05, 0) is 24.1 Å². The van der Waals surface area contributed by atoms with Gasteiger partial charge in [-0.25, -0.2) is 9.97 Å². The van der Waals surface area contributed by atoms with Gasteiger partial charge in [-0.3, -0.25) is 0 Å². The zero-order valence-corrected chi connectivity index (χ0v) is 13.5. The first-order chi connectivity index (χ1) is 10.1. The van der Waals surface area contributed by atoms with Gasteiger partial charge in [0.2, 0.25) is 0 Å². The van der Waals surface area contributed by atoms with Crippen molar-refractivity contribution in [3.63, 3.8) is 0 Å². The lowest BCUT2D eigenvalue weighted by molar-refractivity contribution is 1.12. The van der Waals surface area contributed by atoms with E-state index in [9.17, 15) is 0 Å². The van der Waals surface area contributed by atoms with Crippen molar-refractivity contribution in [2.24, 2.45) is 0 Å². The molecule has 0 N–H and O–H groups in total. The van der Waals surface area contributed by atoms with Gasteiger partial charge in [-0.1, -0.05) is 66.0 Å². The van der Waals surface area contributed by atoms with E-state index in [0.29, 0.717) is 31.9 Å². The van der Waals surface area contributed by atoms with Crippen molar-refractivity contribution in [3.8, 4) is 11.4 Å². The summed E-state index contributed by atoms with van der Waals surface area (Å²) >= 11 is 18.5. The van der Waals surface area contributed by atoms with Gasteiger partial charge in [0.15, 0.2) is 5.82 Å². The highest BCUT2D eigenvalue weighted by atomic mass is 35.5. The fourth-order valence-electron chi connectivity index (χ4n) is 2.29. The highest BCUT2D eigenvalue weighted by Gasteiger charge is 2.13. The second kappa shape index (κ2) is 5.80. The van der Waals surface area contributed by atoms with E-state index in [2.05, 4.69) is 23.0 Å². The third-order valence-electron chi connectivity index (χ3n) is 3.31. The third kappa shape index (κ3) is 2.71. The van der Waals surface area contributed by atoms with Gasteiger partial charge in [0.25, 0.3) is 0 Å². The van der Waals surface area contributed by atoms with Crippen LogP contribution >= 0.6 is 34.8 Å². The molecule has 2 nitrogen and oxygen atoms in total. The molecule has 0 fully saturated rings. The minimum Gasteiger partial charge on any atom is -0.226 e. The lowest BCUT2D eigenvalue weighted by Crippen LogP contribution is -1.96. The van der Waals surface area contributed by atoms with Crippen molar-refractivity contribution >= 4 is 45.7 Å². The number of fused-ring (bicyclic) bond motifs is 1. The largest absolute Gasteiger partial charge is 0.226 e. The Bertz CT molecular complexity index is 831. The molecular weight excluding hydrogens is 327 g/mol. The normalized spacial score (nSPS) is 11.0. The van der Waals surface area contributed by atoms with Crippen molar-refractivity contribution in [1.29, 1.82) is 0 Å². The van der Waals surface area contributed by atoms with Gasteiger partial charge in [0.05, 0.1) is 10.5 Å². The fourth-order valence-corrected chi connectivity index (χ4v) is 3.05. The number of benzene rings is 2. The van der Waals surface area contributed by atoms with Gasteiger partial charge in [0, 0.05) is 16.0 Å². The summed E-state index contributed by atoms with van der Waals surface area (Å²) in [7, 11) is 0. The van der Waals surface area contributed by atoms with Crippen LogP contribution in [0, 0.1) is 0 Å². The van der Waals surface area contributed by atoms with Crippen molar-refractivity contribution in [2.45, 2.75) is 13.3 Å². The number of hydrogen-bond donors (Lipinski definition) is 0. The summed E-state index contributed by atoms with van der Waals surface area (Å²) in [6.07, 6.45) is 0.892. The molecule has 3 aromatic rings. The van der Waals surface area contributed by atoms with Crippen molar-refractivity contribution in [1.82, 2.24) is 9.97 Å². The predicted octanol–water partition coefficient (Wildman–Crippen LogP) is 5.82. The van der Waals surface area contributed by atoms with Crippen LogP contribution in [-0.2, 0) is 6.42 Å². The molecule has 0 radical (unpaired) electrons.